The van der Waals surface area contributed by atoms with Crippen molar-refractivity contribution in [1.82, 2.24) is 5.32 Å². The molecule has 1 aliphatic heterocycles. The smallest absolute Gasteiger partial charge is 0.0366 e. The molecule has 0 bridgehead atoms. The van der Waals surface area contributed by atoms with Crippen molar-refractivity contribution < 1.29 is 0 Å². The first-order chi connectivity index (χ1) is 7.17. The predicted molar refractivity (Wildman–Crippen MR) is 65.4 cm³/mol. The van der Waals surface area contributed by atoms with Crippen molar-refractivity contribution in [2.45, 2.75) is 25.8 Å². The van der Waals surface area contributed by atoms with E-state index in [9.17, 15) is 0 Å². The third-order valence-electron chi connectivity index (χ3n) is 2.92. The van der Waals surface area contributed by atoms with Gasteiger partial charge in [0.05, 0.1) is 0 Å². The summed E-state index contributed by atoms with van der Waals surface area (Å²) in [5.74, 6) is 0. The summed E-state index contributed by atoms with van der Waals surface area (Å²) in [4.78, 5) is 2.47. The maximum absolute atomic E-state index is 3.58. The third-order valence-corrected chi connectivity index (χ3v) is 2.92. The molecule has 1 aromatic rings. The molecular formula is C13H20N2. The van der Waals surface area contributed by atoms with E-state index < -0.39 is 0 Å². The van der Waals surface area contributed by atoms with E-state index in [2.05, 4.69) is 54.4 Å². The Labute approximate surface area is 92.3 Å². The highest BCUT2D eigenvalue weighted by Crippen LogP contribution is 2.18. The summed E-state index contributed by atoms with van der Waals surface area (Å²) >= 11 is 0. The van der Waals surface area contributed by atoms with Crippen LogP contribution < -0.4 is 10.2 Å². The largest absolute Gasteiger partial charge is 0.370 e. The molecule has 0 atom stereocenters. The van der Waals surface area contributed by atoms with Gasteiger partial charge in [-0.3, -0.25) is 0 Å². The van der Waals surface area contributed by atoms with Crippen LogP contribution in [0.25, 0.3) is 0 Å². The Morgan fingerprint density at radius 1 is 1.20 bits per heavy atom. The van der Waals surface area contributed by atoms with E-state index in [-0.39, 0.29) is 5.54 Å². The second-order valence-electron chi connectivity index (χ2n) is 4.92. The second-order valence-corrected chi connectivity index (χ2v) is 4.92. The quantitative estimate of drug-likeness (QED) is 0.755. The summed E-state index contributed by atoms with van der Waals surface area (Å²) < 4.78 is 0. The fourth-order valence-corrected chi connectivity index (χ4v) is 2.17. The van der Waals surface area contributed by atoms with Crippen LogP contribution in [0.5, 0.6) is 0 Å². The molecule has 15 heavy (non-hydrogen) atoms. The van der Waals surface area contributed by atoms with E-state index in [1.165, 1.54) is 12.1 Å². The van der Waals surface area contributed by atoms with E-state index in [0.717, 1.165) is 19.6 Å². The predicted octanol–water partition coefficient (Wildman–Crippen LogP) is 2.26. The standard InChI is InChI=1S/C13H20N2/c1-13(2)11-15(10-6-9-14-13)12-7-4-3-5-8-12/h3-5,7-8,14H,6,9-11H2,1-2H3. The lowest BCUT2D eigenvalue weighted by atomic mass is 10.1. The third kappa shape index (κ3) is 2.72. The van der Waals surface area contributed by atoms with Crippen molar-refractivity contribution in [3.63, 3.8) is 0 Å². The minimum absolute atomic E-state index is 0.215. The van der Waals surface area contributed by atoms with Gasteiger partial charge >= 0.3 is 0 Å². The van der Waals surface area contributed by atoms with E-state index in [1.807, 2.05) is 0 Å². The maximum Gasteiger partial charge on any atom is 0.0366 e. The Balaban J connectivity index is 2.15. The van der Waals surface area contributed by atoms with Gasteiger partial charge in [0.1, 0.15) is 0 Å². The van der Waals surface area contributed by atoms with Crippen molar-refractivity contribution in [2.24, 2.45) is 0 Å². The van der Waals surface area contributed by atoms with Crippen LogP contribution in [-0.4, -0.2) is 25.2 Å². The first-order valence-corrected chi connectivity index (χ1v) is 5.72. The monoisotopic (exact) mass is 204 g/mol. The van der Waals surface area contributed by atoms with Crippen LogP contribution in [-0.2, 0) is 0 Å². The summed E-state index contributed by atoms with van der Waals surface area (Å²) in [5.41, 5.74) is 1.56. The average molecular weight is 204 g/mol. The molecule has 1 aromatic carbocycles. The molecule has 0 unspecified atom stereocenters. The zero-order valence-corrected chi connectivity index (χ0v) is 9.66. The Morgan fingerprint density at radius 2 is 1.93 bits per heavy atom. The van der Waals surface area contributed by atoms with Gasteiger partial charge < -0.3 is 10.2 Å². The second kappa shape index (κ2) is 4.23. The molecule has 82 valence electrons. The van der Waals surface area contributed by atoms with Crippen molar-refractivity contribution in [3.8, 4) is 0 Å². The maximum atomic E-state index is 3.58. The lowest BCUT2D eigenvalue weighted by Gasteiger charge is -2.31. The van der Waals surface area contributed by atoms with E-state index in [0.29, 0.717) is 0 Å². The van der Waals surface area contributed by atoms with Crippen molar-refractivity contribution in [1.29, 1.82) is 0 Å². The molecule has 0 aromatic heterocycles. The zero-order chi connectivity index (χ0) is 10.7. The van der Waals surface area contributed by atoms with E-state index in [4.69, 9.17) is 0 Å². The van der Waals surface area contributed by atoms with Crippen LogP contribution in [0.3, 0.4) is 0 Å². The van der Waals surface area contributed by atoms with Gasteiger partial charge in [0.2, 0.25) is 0 Å². The SMILES string of the molecule is CC1(C)CN(c2ccccc2)CCCN1. The molecule has 1 aliphatic rings. The lowest BCUT2D eigenvalue weighted by Crippen LogP contribution is -2.46. The van der Waals surface area contributed by atoms with Crippen LogP contribution >= 0.6 is 0 Å². The number of para-hydroxylation sites is 1. The molecule has 0 radical (unpaired) electrons. The molecule has 0 saturated carbocycles. The summed E-state index contributed by atoms with van der Waals surface area (Å²) in [6.07, 6.45) is 1.22. The number of nitrogens with zero attached hydrogens (tertiary/aromatic N) is 1. The highest BCUT2D eigenvalue weighted by Gasteiger charge is 2.23. The zero-order valence-electron chi connectivity index (χ0n) is 9.66. The van der Waals surface area contributed by atoms with Crippen LogP contribution in [0, 0.1) is 0 Å². The van der Waals surface area contributed by atoms with Gasteiger partial charge in [0.15, 0.2) is 0 Å². The first kappa shape index (κ1) is 10.5. The molecule has 2 rings (SSSR count). The average Bonchev–Trinajstić information content (AvgIpc) is 2.41. The Bertz CT molecular complexity index is 306. The summed E-state index contributed by atoms with van der Waals surface area (Å²) in [6.45, 7) is 7.90. The van der Waals surface area contributed by atoms with Crippen LogP contribution in [0.15, 0.2) is 30.3 Å². The Hall–Kier alpha value is -1.02. The van der Waals surface area contributed by atoms with Gasteiger partial charge in [-0.1, -0.05) is 18.2 Å². The molecular weight excluding hydrogens is 184 g/mol. The van der Waals surface area contributed by atoms with Crippen LogP contribution in [0.4, 0.5) is 5.69 Å². The Kier molecular flexibility index (Phi) is 2.96. The highest BCUT2D eigenvalue weighted by molar-refractivity contribution is 5.46. The summed E-state index contributed by atoms with van der Waals surface area (Å²) in [6, 6.07) is 10.7. The molecule has 0 amide bonds. The molecule has 1 N–H and O–H groups in total. The molecule has 0 aliphatic carbocycles. The topological polar surface area (TPSA) is 15.3 Å². The number of hydrogen-bond donors (Lipinski definition) is 1. The minimum atomic E-state index is 0.215. The van der Waals surface area contributed by atoms with Gasteiger partial charge in [-0.15, -0.1) is 0 Å². The number of nitrogens with one attached hydrogen (secondary N) is 1. The number of hydrogen-bond acceptors (Lipinski definition) is 2. The normalized spacial score (nSPS) is 21.1. The van der Waals surface area contributed by atoms with Crippen molar-refractivity contribution in [3.05, 3.63) is 30.3 Å². The van der Waals surface area contributed by atoms with Gasteiger partial charge in [-0.2, -0.15) is 0 Å². The summed E-state index contributed by atoms with van der Waals surface area (Å²) in [7, 11) is 0. The molecule has 1 saturated heterocycles. The first-order valence-electron chi connectivity index (χ1n) is 5.72. The molecule has 1 fully saturated rings. The number of anilines is 1. The molecule has 1 heterocycles. The van der Waals surface area contributed by atoms with Crippen molar-refractivity contribution in [2.75, 3.05) is 24.5 Å². The van der Waals surface area contributed by atoms with Gasteiger partial charge in [-0.05, 0) is 38.9 Å². The molecule has 2 nitrogen and oxygen atoms in total. The summed E-state index contributed by atoms with van der Waals surface area (Å²) in [5, 5.41) is 3.58. The number of benzene rings is 1. The lowest BCUT2D eigenvalue weighted by molar-refractivity contribution is 0.416. The Morgan fingerprint density at radius 3 is 2.67 bits per heavy atom. The van der Waals surface area contributed by atoms with Gasteiger partial charge in [-0.25, -0.2) is 0 Å². The van der Waals surface area contributed by atoms with Gasteiger partial charge in [0, 0.05) is 24.3 Å². The number of rotatable bonds is 1. The molecule has 0 spiro atoms. The molecule has 2 heteroatoms. The van der Waals surface area contributed by atoms with Crippen LogP contribution in [0.1, 0.15) is 20.3 Å². The highest BCUT2D eigenvalue weighted by atomic mass is 15.2. The fraction of sp³-hybridized carbons (Fsp3) is 0.538. The van der Waals surface area contributed by atoms with Crippen molar-refractivity contribution >= 4 is 5.69 Å². The van der Waals surface area contributed by atoms with E-state index >= 15 is 0 Å². The fourth-order valence-electron chi connectivity index (χ4n) is 2.17. The van der Waals surface area contributed by atoms with E-state index in [1.54, 1.807) is 0 Å². The minimum Gasteiger partial charge on any atom is -0.370 e. The van der Waals surface area contributed by atoms with Gasteiger partial charge in [0.25, 0.3) is 0 Å². The van der Waals surface area contributed by atoms with Crippen LogP contribution in [0.2, 0.25) is 0 Å².